The monoisotopic (exact) mass is 392 g/mol. The highest BCUT2D eigenvalue weighted by molar-refractivity contribution is 5.95. The van der Waals surface area contributed by atoms with Crippen molar-refractivity contribution in [1.82, 2.24) is 10.6 Å². The number of ether oxygens (including phenoxy) is 1. The maximum atomic E-state index is 11.9. The summed E-state index contributed by atoms with van der Waals surface area (Å²) in [6.45, 7) is 3.07. The minimum Gasteiger partial charge on any atom is -0.493 e. The summed E-state index contributed by atoms with van der Waals surface area (Å²) in [6.07, 6.45) is 2.60. The molecule has 4 rings (SSSR count). The number of fused-ring (bicyclic) bond motifs is 1. The number of carbonyl (C=O) groups excluding carboxylic acids is 1. The molecule has 6 nitrogen and oxygen atoms in total. The third-order valence-corrected chi connectivity index (χ3v) is 5.60. The van der Waals surface area contributed by atoms with Gasteiger partial charge < -0.3 is 20.3 Å². The Morgan fingerprint density at radius 1 is 1.17 bits per heavy atom. The number of guanidine groups is 1. The van der Waals surface area contributed by atoms with Gasteiger partial charge in [0.2, 0.25) is 5.91 Å². The smallest absolute Gasteiger partial charge is 0.227 e. The number of nitrogens with one attached hydrogen (secondary N) is 2. The van der Waals surface area contributed by atoms with Crippen molar-refractivity contribution in [3.05, 3.63) is 59.7 Å². The number of rotatable bonds is 5. The summed E-state index contributed by atoms with van der Waals surface area (Å²) < 4.78 is 5.75. The van der Waals surface area contributed by atoms with Gasteiger partial charge in [-0.3, -0.25) is 9.79 Å². The Bertz CT molecular complexity index is 879. The fourth-order valence-corrected chi connectivity index (χ4v) is 3.97. The average Bonchev–Trinajstić information content (AvgIpc) is 3.20. The molecule has 0 spiro atoms. The van der Waals surface area contributed by atoms with E-state index in [-0.39, 0.29) is 5.91 Å². The molecule has 0 aromatic heterocycles. The Labute approximate surface area is 172 Å². The first-order chi connectivity index (χ1) is 14.2. The quantitative estimate of drug-likeness (QED) is 0.606. The Balaban J connectivity index is 1.29. The maximum absolute atomic E-state index is 11.9. The number of nitrogens with zero attached hydrogens (tertiary/aromatic N) is 2. The molecule has 0 saturated carbocycles. The topological polar surface area (TPSA) is 66.0 Å². The molecular formula is C23H28N4O2. The molecule has 0 radical (unpaired) electrons. The van der Waals surface area contributed by atoms with Crippen LogP contribution in [0.25, 0.3) is 0 Å². The lowest BCUT2D eigenvalue weighted by molar-refractivity contribution is -0.117. The molecule has 2 aromatic carbocycles. The van der Waals surface area contributed by atoms with Crippen LogP contribution >= 0.6 is 0 Å². The van der Waals surface area contributed by atoms with Crippen LogP contribution in [0.15, 0.2) is 53.5 Å². The summed E-state index contributed by atoms with van der Waals surface area (Å²) in [5.41, 5.74) is 3.39. The van der Waals surface area contributed by atoms with E-state index in [1.165, 1.54) is 5.56 Å². The van der Waals surface area contributed by atoms with Gasteiger partial charge in [0.15, 0.2) is 5.96 Å². The van der Waals surface area contributed by atoms with Gasteiger partial charge >= 0.3 is 0 Å². The van der Waals surface area contributed by atoms with Crippen LogP contribution in [0.2, 0.25) is 0 Å². The molecule has 152 valence electrons. The van der Waals surface area contributed by atoms with Crippen molar-refractivity contribution >= 4 is 17.6 Å². The summed E-state index contributed by atoms with van der Waals surface area (Å²) in [5.74, 6) is 2.41. The van der Waals surface area contributed by atoms with E-state index in [1.54, 1.807) is 7.05 Å². The van der Waals surface area contributed by atoms with Gasteiger partial charge in [0, 0.05) is 44.7 Å². The standard InChI is InChI=1S/C23H28N4O2/c1-24-23(26-16-18-12-14-29-21-6-3-2-5-20(18)21)25-15-17-8-10-19(11-9-17)27-13-4-7-22(27)28/h2-3,5-6,8-11,18H,4,7,12-16H2,1H3,(H2,24,25,26). The van der Waals surface area contributed by atoms with Gasteiger partial charge in [0.1, 0.15) is 5.75 Å². The zero-order valence-corrected chi connectivity index (χ0v) is 16.9. The van der Waals surface area contributed by atoms with Gasteiger partial charge in [0.05, 0.1) is 6.61 Å². The highest BCUT2D eigenvalue weighted by Gasteiger charge is 2.22. The molecule has 0 bridgehead atoms. The summed E-state index contributed by atoms with van der Waals surface area (Å²) in [4.78, 5) is 18.1. The summed E-state index contributed by atoms with van der Waals surface area (Å²) in [5, 5.41) is 6.82. The summed E-state index contributed by atoms with van der Waals surface area (Å²) in [6, 6.07) is 16.4. The Morgan fingerprint density at radius 3 is 2.76 bits per heavy atom. The van der Waals surface area contributed by atoms with Gasteiger partial charge in [-0.15, -0.1) is 0 Å². The van der Waals surface area contributed by atoms with E-state index in [0.717, 1.165) is 55.5 Å². The first-order valence-electron chi connectivity index (χ1n) is 10.3. The second kappa shape index (κ2) is 8.99. The molecule has 6 heteroatoms. The largest absolute Gasteiger partial charge is 0.493 e. The van der Waals surface area contributed by atoms with Crippen LogP contribution in [0.4, 0.5) is 5.69 Å². The minimum atomic E-state index is 0.218. The van der Waals surface area contributed by atoms with E-state index in [1.807, 2.05) is 29.2 Å². The number of para-hydroxylation sites is 1. The highest BCUT2D eigenvalue weighted by Crippen LogP contribution is 2.32. The Hall–Kier alpha value is -3.02. The average molecular weight is 393 g/mol. The number of carbonyl (C=O) groups is 1. The van der Waals surface area contributed by atoms with Crippen LogP contribution in [0.5, 0.6) is 5.75 Å². The molecule has 0 aliphatic carbocycles. The first kappa shape index (κ1) is 19.3. The molecule has 1 saturated heterocycles. The van der Waals surface area contributed by atoms with E-state index in [9.17, 15) is 4.79 Å². The van der Waals surface area contributed by atoms with Crippen molar-refractivity contribution in [2.75, 3.05) is 31.6 Å². The maximum Gasteiger partial charge on any atom is 0.227 e. The van der Waals surface area contributed by atoms with Gasteiger partial charge in [-0.2, -0.15) is 0 Å². The van der Waals surface area contributed by atoms with Crippen molar-refractivity contribution in [1.29, 1.82) is 0 Å². The molecule has 1 fully saturated rings. The fourth-order valence-electron chi connectivity index (χ4n) is 3.97. The van der Waals surface area contributed by atoms with Gasteiger partial charge in [0.25, 0.3) is 0 Å². The molecule has 2 heterocycles. The van der Waals surface area contributed by atoms with Gasteiger partial charge in [-0.1, -0.05) is 30.3 Å². The normalized spacial score (nSPS) is 18.9. The Kier molecular flexibility index (Phi) is 5.98. The highest BCUT2D eigenvalue weighted by atomic mass is 16.5. The SMILES string of the molecule is CN=C(NCc1ccc(N2CCCC2=O)cc1)NCC1CCOc2ccccc21. The van der Waals surface area contributed by atoms with E-state index in [0.29, 0.717) is 18.9 Å². The Morgan fingerprint density at radius 2 is 2.00 bits per heavy atom. The van der Waals surface area contributed by atoms with Crippen molar-refractivity contribution < 1.29 is 9.53 Å². The molecule has 2 aliphatic heterocycles. The molecule has 2 aliphatic rings. The zero-order chi connectivity index (χ0) is 20.1. The van der Waals surface area contributed by atoms with Gasteiger partial charge in [-0.05, 0) is 42.2 Å². The molecule has 2 N–H and O–H groups in total. The van der Waals surface area contributed by atoms with Crippen LogP contribution in [0.3, 0.4) is 0 Å². The third kappa shape index (κ3) is 4.53. The second-order valence-electron chi connectivity index (χ2n) is 7.49. The lowest BCUT2D eigenvalue weighted by Gasteiger charge is -2.26. The van der Waals surface area contributed by atoms with E-state index in [4.69, 9.17) is 4.74 Å². The zero-order valence-electron chi connectivity index (χ0n) is 16.9. The van der Waals surface area contributed by atoms with Crippen molar-refractivity contribution in [2.45, 2.75) is 31.7 Å². The molecule has 2 aromatic rings. The molecule has 1 atom stereocenters. The van der Waals surface area contributed by atoms with Crippen LogP contribution in [0, 0.1) is 0 Å². The number of hydrogen-bond acceptors (Lipinski definition) is 3. The second-order valence-corrected chi connectivity index (χ2v) is 7.49. The van der Waals surface area contributed by atoms with Crippen LogP contribution in [-0.2, 0) is 11.3 Å². The molecule has 29 heavy (non-hydrogen) atoms. The van der Waals surface area contributed by atoms with E-state index in [2.05, 4.69) is 39.9 Å². The number of hydrogen-bond donors (Lipinski definition) is 2. The number of amides is 1. The first-order valence-corrected chi connectivity index (χ1v) is 10.3. The van der Waals surface area contributed by atoms with Gasteiger partial charge in [-0.25, -0.2) is 0 Å². The number of benzene rings is 2. The molecular weight excluding hydrogens is 364 g/mol. The van der Waals surface area contributed by atoms with E-state index >= 15 is 0 Å². The summed E-state index contributed by atoms with van der Waals surface area (Å²) >= 11 is 0. The lowest BCUT2D eigenvalue weighted by Crippen LogP contribution is -2.39. The predicted octanol–water partition coefficient (Wildman–Crippen LogP) is 3.04. The van der Waals surface area contributed by atoms with E-state index < -0.39 is 0 Å². The van der Waals surface area contributed by atoms with Crippen LogP contribution in [-0.4, -0.2) is 38.6 Å². The van der Waals surface area contributed by atoms with Crippen molar-refractivity contribution in [3.63, 3.8) is 0 Å². The summed E-state index contributed by atoms with van der Waals surface area (Å²) in [7, 11) is 1.79. The minimum absolute atomic E-state index is 0.218. The fraction of sp³-hybridized carbons (Fsp3) is 0.391. The van der Waals surface area contributed by atoms with Crippen LogP contribution in [0.1, 0.15) is 36.3 Å². The van der Waals surface area contributed by atoms with Crippen LogP contribution < -0.4 is 20.3 Å². The molecule has 1 unspecified atom stereocenters. The third-order valence-electron chi connectivity index (χ3n) is 5.60. The number of aliphatic imine (C=N–C) groups is 1. The van der Waals surface area contributed by atoms with Crippen molar-refractivity contribution in [3.8, 4) is 5.75 Å². The lowest BCUT2D eigenvalue weighted by atomic mass is 9.93. The number of anilines is 1. The van der Waals surface area contributed by atoms with Crippen molar-refractivity contribution in [2.24, 2.45) is 4.99 Å². The molecule has 1 amide bonds. The predicted molar refractivity (Wildman–Crippen MR) is 116 cm³/mol.